The Kier molecular flexibility index (Phi) is 4.21. The van der Waals surface area contributed by atoms with E-state index in [2.05, 4.69) is 40.6 Å². The minimum absolute atomic E-state index is 0.0752. The van der Waals surface area contributed by atoms with Crippen LogP contribution in [0.3, 0.4) is 0 Å². The molecule has 1 amide bonds. The molecule has 0 saturated carbocycles. The number of carbonyl (C=O) groups excluding carboxylic acids is 1. The number of hydrogen-bond donors (Lipinski definition) is 2. The highest BCUT2D eigenvalue weighted by Gasteiger charge is 2.32. The second-order valence-electron chi connectivity index (χ2n) is 6.78. The van der Waals surface area contributed by atoms with Crippen molar-refractivity contribution in [1.29, 1.82) is 0 Å². The molecule has 132 valence electrons. The molecule has 2 N–H and O–H groups in total. The molecule has 1 aliphatic rings. The number of aromatic amines is 1. The van der Waals surface area contributed by atoms with Crippen molar-refractivity contribution >= 4 is 17.3 Å². The second kappa shape index (κ2) is 6.67. The van der Waals surface area contributed by atoms with Gasteiger partial charge in [0, 0.05) is 36.1 Å². The number of anilines is 2. The van der Waals surface area contributed by atoms with Gasteiger partial charge >= 0.3 is 0 Å². The van der Waals surface area contributed by atoms with Crippen molar-refractivity contribution in [3.05, 3.63) is 66.4 Å². The van der Waals surface area contributed by atoms with E-state index < -0.39 is 0 Å². The van der Waals surface area contributed by atoms with E-state index in [1.54, 1.807) is 13.1 Å². The van der Waals surface area contributed by atoms with Crippen molar-refractivity contribution in [3.8, 4) is 11.3 Å². The van der Waals surface area contributed by atoms with E-state index in [1.165, 1.54) is 0 Å². The maximum atomic E-state index is 12.2. The number of carbonyl (C=O) groups is 1. The molecule has 1 aromatic heterocycles. The molecule has 4 rings (SSSR count). The van der Waals surface area contributed by atoms with E-state index >= 15 is 0 Å². The molecule has 2 heterocycles. The van der Waals surface area contributed by atoms with Gasteiger partial charge in [-0.05, 0) is 49.2 Å². The van der Waals surface area contributed by atoms with Gasteiger partial charge in [-0.3, -0.25) is 9.89 Å². The zero-order valence-corrected chi connectivity index (χ0v) is 14.9. The fourth-order valence-corrected chi connectivity index (χ4v) is 3.80. The molecule has 0 spiro atoms. The van der Waals surface area contributed by atoms with Gasteiger partial charge in [-0.25, -0.2) is 0 Å². The molecule has 0 fully saturated rings. The molecule has 26 heavy (non-hydrogen) atoms. The Morgan fingerprint density at radius 2 is 2.00 bits per heavy atom. The van der Waals surface area contributed by atoms with Gasteiger partial charge < -0.3 is 10.2 Å². The maximum Gasteiger partial charge on any atom is 0.224 e. The fourth-order valence-electron chi connectivity index (χ4n) is 3.80. The Morgan fingerprint density at radius 3 is 2.69 bits per heavy atom. The van der Waals surface area contributed by atoms with E-state index in [4.69, 9.17) is 0 Å². The molecular formula is C21H22N4O. The molecule has 2 aromatic carbocycles. The quantitative estimate of drug-likeness (QED) is 0.740. The Morgan fingerprint density at radius 1 is 1.19 bits per heavy atom. The Hall–Kier alpha value is -3.08. The second-order valence-corrected chi connectivity index (χ2v) is 6.78. The number of nitrogens with one attached hydrogen (secondary N) is 2. The van der Waals surface area contributed by atoms with Gasteiger partial charge in [0.15, 0.2) is 0 Å². The first-order valence-corrected chi connectivity index (χ1v) is 8.88. The first-order valence-electron chi connectivity index (χ1n) is 8.88. The summed E-state index contributed by atoms with van der Waals surface area (Å²) in [4.78, 5) is 14.1. The van der Waals surface area contributed by atoms with Crippen molar-refractivity contribution in [3.63, 3.8) is 0 Å². The van der Waals surface area contributed by atoms with Crippen LogP contribution in [-0.4, -0.2) is 22.1 Å². The minimum Gasteiger partial charge on any atom is -0.378 e. The molecule has 1 aliphatic heterocycles. The van der Waals surface area contributed by atoms with E-state index in [-0.39, 0.29) is 18.0 Å². The number of rotatable bonds is 3. The number of aromatic nitrogens is 2. The van der Waals surface area contributed by atoms with Gasteiger partial charge in [0.25, 0.3) is 0 Å². The largest absolute Gasteiger partial charge is 0.378 e. The topological polar surface area (TPSA) is 61.0 Å². The normalized spacial score (nSPS) is 19.1. The average molecular weight is 346 g/mol. The lowest BCUT2D eigenvalue weighted by Crippen LogP contribution is -2.43. The summed E-state index contributed by atoms with van der Waals surface area (Å²) in [6.45, 7) is 3.74. The predicted molar refractivity (Wildman–Crippen MR) is 104 cm³/mol. The van der Waals surface area contributed by atoms with Crippen molar-refractivity contribution in [1.82, 2.24) is 10.2 Å². The van der Waals surface area contributed by atoms with Crippen LogP contribution < -0.4 is 10.2 Å². The lowest BCUT2D eigenvalue weighted by Gasteiger charge is -2.39. The van der Waals surface area contributed by atoms with Gasteiger partial charge in [-0.2, -0.15) is 5.10 Å². The molecule has 0 saturated heterocycles. The zero-order valence-electron chi connectivity index (χ0n) is 14.9. The minimum atomic E-state index is 0.0752. The molecule has 0 radical (unpaired) electrons. The number of hydrogen-bond acceptors (Lipinski definition) is 3. The summed E-state index contributed by atoms with van der Waals surface area (Å²) in [6.07, 6.45) is 2.60. The summed E-state index contributed by atoms with van der Waals surface area (Å²) in [5.74, 6) is 0.0752. The number of benzene rings is 2. The van der Waals surface area contributed by atoms with E-state index in [0.29, 0.717) is 0 Å². The lowest BCUT2D eigenvalue weighted by atomic mass is 9.89. The van der Waals surface area contributed by atoms with Crippen LogP contribution in [0.15, 0.2) is 60.8 Å². The van der Waals surface area contributed by atoms with Crippen molar-refractivity contribution in [2.24, 2.45) is 0 Å². The monoisotopic (exact) mass is 346 g/mol. The van der Waals surface area contributed by atoms with E-state index in [0.717, 1.165) is 34.6 Å². The average Bonchev–Trinajstić information content (AvgIpc) is 3.16. The van der Waals surface area contributed by atoms with Crippen LogP contribution in [0.5, 0.6) is 0 Å². The van der Waals surface area contributed by atoms with E-state index in [9.17, 15) is 4.79 Å². The van der Waals surface area contributed by atoms with Crippen LogP contribution in [0.2, 0.25) is 0 Å². The summed E-state index contributed by atoms with van der Waals surface area (Å²) >= 11 is 0. The SMILES string of the molecule is CC(=O)N1c2ccc(-c3ccn[nH]3)cc2[C@H](Nc2ccccc2)C[C@@H]1C. The van der Waals surface area contributed by atoms with Crippen LogP contribution in [-0.2, 0) is 4.79 Å². The van der Waals surface area contributed by atoms with Crippen molar-refractivity contribution in [2.75, 3.05) is 10.2 Å². The Labute approximate surface area is 153 Å². The number of nitrogens with zero attached hydrogens (tertiary/aromatic N) is 2. The molecule has 5 nitrogen and oxygen atoms in total. The Bertz CT molecular complexity index is 905. The van der Waals surface area contributed by atoms with Gasteiger partial charge in [-0.15, -0.1) is 0 Å². The van der Waals surface area contributed by atoms with Gasteiger partial charge in [-0.1, -0.05) is 24.3 Å². The maximum absolute atomic E-state index is 12.2. The summed E-state index contributed by atoms with van der Waals surface area (Å²) in [5.41, 5.74) is 5.24. The van der Waals surface area contributed by atoms with Crippen molar-refractivity contribution < 1.29 is 4.79 Å². The third-order valence-electron chi connectivity index (χ3n) is 4.95. The van der Waals surface area contributed by atoms with Crippen LogP contribution in [0.1, 0.15) is 31.9 Å². The smallest absolute Gasteiger partial charge is 0.224 e. The summed E-state index contributed by atoms with van der Waals surface area (Å²) in [6, 6.07) is 18.7. The first-order chi connectivity index (χ1) is 12.6. The Balaban J connectivity index is 1.78. The highest BCUT2D eigenvalue weighted by atomic mass is 16.2. The van der Waals surface area contributed by atoms with Crippen LogP contribution in [0.4, 0.5) is 11.4 Å². The first kappa shape index (κ1) is 16.4. The fraction of sp³-hybridized carbons (Fsp3) is 0.238. The standard InChI is InChI=1S/C21H22N4O/c1-14-12-20(23-17-6-4-3-5-7-17)18-13-16(19-10-11-22-24-19)8-9-21(18)25(14)15(2)26/h3-11,13-14,20,23H,12H2,1-2H3,(H,22,24)/t14-,20+/m0/s1. The number of para-hydroxylation sites is 1. The van der Waals surface area contributed by atoms with Gasteiger partial charge in [0.1, 0.15) is 0 Å². The van der Waals surface area contributed by atoms with Crippen molar-refractivity contribution in [2.45, 2.75) is 32.4 Å². The lowest BCUT2D eigenvalue weighted by molar-refractivity contribution is -0.117. The molecule has 5 heteroatoms. The highest BCUT2D eigenvalue weighted by Crippen LogP contribution is 2.40. The molecule has 3 aromatic rings. The van der Waals surface area contributed by atoms with Crippen LogP contribution in [0, 0.1) is 0 Å². The third-order valence-corrected chi connectivity index (χ3v) is 4.95. The molecule has 0 unspecified atom stereocenters. The molecule has 0 aliphatic carbocycles. The predicted octanol–water partition coefficient (Wildman–Crippen LogP) is 4.38. The molecule has 2 atom stereocenters. The van der Waals surface area contributed by atoms with Gasteiger partial charge in [0.05, 0.1) is 11.7 Å². The highest BCUT2D eigenvalue weighted by molar-refractivity contribution is 5.94. The number of H-pyrrole nitrogens is 1. The summed E-state index contributed by atoms with van der Waals surface area (Å²) in [7, 11) is 0. The van der Waals surface area contributed by atoms with E-state index in [1.807, 2.05) is 41.3 Å². The van der Waals surface area contributed by atoms with Crippen LogP contribution >= 0.6 is 0 Å². The molecular weight excluding hydrogens is 324 g/mol. The zero-order chi connectivity index (χ0) is 18.1. The molecule has 0 bridgehead atoms. The van der Waals surface area contributed by atoms with Crippen LogP contribution in [0.25, 0.3) is 11.3 Å². The van der Waals surface area contributed by atoms with Gasteiger partial charge in [0.2, 0.25) is 5.91 Å². The summed E-state index contributed by atoms with van der Waals surface area (Å²) < 4.78 is 0. The third kappa shape index (κ3) is 2.96. The number of amides is 1. The summed E-state index contributed by atoms with van der Waals surface area (Å²) in [5, 5.41) is 10.7. The number of fused-ring (bicyclic) bond motifs is 1.